The van der Waals surface area contributed by atoms with Crippen molar-refractivity contribution >= 4 is 17.7 Å². The number of benzene rings is 2. The summed E-state index contributed by atoms with van der Waals surface area (Å²) in [6.45, 7) is 2.47. The molecule has 0 saturated heterocycles. The molecule has 0 bridgehead atoms. The van der Waals surface area contributed by atoms with Gasteiger partial charge in [0.1, 0.15) is 24.0 Å². The fourth-order valence-electron chi connectivity index (χ4n) is 3.00. The summed E-state index contributed by atoms with van der Waals surface area (Å²) in [4.78, 5) is 24.6. The first-order valence-corrected chi connectivity index (χ1v) is 9.26. The van der Waals surface area contributed by atoms with Gasteiger partial charge in [-0.3, -0.25) is 10.1 Å². The molecule has 1 atom stereocenters. The first kappa shape index (κ1) is 19.7. The number of anilines is 1. The van der Waals surface area contributed by atoms with Crippen molar-refractivity contribution in [3.63, 3.8) is 0 Å². The van der Waals surface area contributed by atoms with Crippen LogP contribution in [-0.2, 0) is 9.53 Å². The Hall–Kier alpha value is -3.06. The average Bonchev–Trinajstić information content (AvgIpc) is 3.04. The van der Waals surface area contributed by atoms with E-state index in [-0.39, 0.29) is 13.2 Å². The minimum absolute atomic E-state index is 0.0759. The molecule has 0 aliphatic carbocycles. The van der Waals surface area contributed by atoms with Crippen LogP contribution < -0.4 is 14.8 Å². The number of esters is 1. The number of ether oxygens (including phenoxy) is 3. The Kier molecular flexibility index (Phi) is 6.49. The van der Waals surface area contributed by atoms with Crippen LogP contribution in [0.4, 0.5) is 10.5 Å². The minimum Gasteiger partial charge on any atom is -0.491 e. The fraction of sp³-hybridized carbons (Fsp3) is 0.333. The number of rotatable bonds is 8. The van der Waals surface area contributed by atoms with Crippen LogP contribution in [-0.4, -0.2) is 37.0 Å². The number of aliphatic hydroxyl groups excluding tert-OH is 1. The van der Waals surface area contributed by atoms with E-state index in [0.29, 0.717) is 34.9 Å². The van der Waals surface area contributed by atoms with Crippen molar-refractivity contribution in [1.82, 2.24) is 0 Å². The van der Waals surface area contributed by atoms with Gasteiger partial charge in [0.15, 0.2) is 0 Å². The Morgan fingerprint density at radius 3 is 2.68 bits per heavy atom. The lowest BCUT2D eigenvalue weighted by molar-refractivity contribution is -0.133. The smallest absolute Gasteiger partial charge is 0.411 e. The lowest BCUT2D eigenvalue weighted by Crippen LogP contribution is -2.17. The first-order valence-electron chi connectivity index (χ1n) is 9.26. The second kappa shape index (κ2) is 9.23. The molecule has 2 aromatic rings. The van der Waals surface area contributed by atoms with E-state index in [4.69, 9.17) is 19.3 Å². The van der Waals surface area contributed by atoms with E-state index >= 15 is 0 Å². The standard InChI is InChI=1S/C21H23NO6/c1-2-3-12-27-21(25)22-16-5-4-6-17-19(16)18(20(24)28-17)14-7-9-15(10-8-14)26-13-11-23/h4-10,18,23H,2-3,11-13H2,1H3,(H,22,25). The molecule has 1 aliphatic heterocycles. The van der Waals surface area contributed by atoms with Gasteiger partial charge in [-0.2, -0.15) is 0 Å². The van der Waals surface area contributed by atoms with Crippen LogP contribution in [0.1, 0.15) is 36.8 Å². The van der Waals surface area contributed by atoms with Crippen molar-refractivity contribution in [3.8, 4) is 11.5 Å². The monoisotopic (exact) mass is 385 g/mol. The molecule has 2 aromatic carbocycles. The number of unbranched alkanes of at least 4 members (excludes halogenated alkanes) is 1. The average molecular weight is 385 g/mol. The number of hydrogen-bond donors (Lipinski definition) is 2. The van der Waals surface area contributed by atoms with Crippen LogP contribution in [0.15, 0.2) is 42.5 Å². The Morgan fingerprint density at radius 1 is 1.18 bits per heavy atom. The Labute approximate surface area is 163 Å². The number of amides is 1. The number of aliphatic hydroxyl groups is 1. The molecule has 0 fully saturated rings. The third-order valence-corrected chi connectivity index (χ3v) is 4.34. The molecule has 1 heterocycles. The summed E-state index contributed by atoms with van der Waals surface area (Å²) in [5.74, 6) is -0.0566. The highest BCUT2D eigenvalue weighted by atomic mass is 16.6. The van der Waals surface area contributed by atoms with Gasteiger partial charge < -0.3 is 19.3 Å². The topological polar surface area (TPSA) is 94.1 Å². The summed E-state index contributed by atoms with van der Waals surface area (Å²) in [6, 6.07) is 12.1. The molecule has 2 N–H and O–H groups in total. The zero-order valence-electron chi connectivity index (χ0n) is 15.6. The molecule has 3 rings (SSSR count). The summed E-state index contributed by atoms with van der Waals surface area (Å²) in [5.41, 5.74) is 1.80. The fourth-order valence-corrected chi connectivity index (χ4v) is 3.00. The molecular formula is C21H23NO6. The van der Waals surface area contributed by atoms with E-state index in [9.17, 15) is 9.59 Å². The van der Waals surface area contributed by atoms with Crippen LogP contribution in [0.5, 0.6) is 11.5 Å². The molecular weight excluding hydrogens is 362 g/mol. The highest BCUT2D eigenvalue weighted by Crippen LogP contribution is 2.43. The summed E-state index contributed by atoms with van der Waals surface area (Å²) in [5, 5.41) is 11.6. The van der Waals surface area contributed by atoms with Gasteiger partial charge in [-0.25, -0.2) is 4.79 Å². The van der Waals surface area contributed by atoms with E-state index in [2.05, 4.69) is 5.32 Å². The van der Waals surface area contributed by atoms with Gasteiger partial charge in [-0.1, -0.05) is 31.5 Å². The molecule has 7 heteroatoms. The predicted octanol–water partition coefficient (Wildman–Crippen LogP) is 3.46. The van der Waals surface area contributed by atoms with Crippen molar-refractivity contribution in [2.24, 2.45) is 0 Å². The molecule has 0 saturated carbocycles. The molecule has 28 heavy (non-hydrogen) atoms. The predicted molar refractivity (Wildman–Crippen MR) is 103 cm³/mol. The van der Waals surface area contributed by atoms with E-state index in [1.807, 2.05) is 6.92 Å². The van der Waals surface area contributed by atoms with Gasteiger partial charge in [-0.05, 0) is 36.2 Å². The SMILES string of the molecule is CCCCOC(=O)Nc1cccc2c1C(c1ccc(OCCO)cc1)C(=O)O2. The van der Waals surface area contributed by atoms with Crippen LogP contribution in [0.2, 0.25) is 0 Å². The van der Waals surface area contributed by atoms with Gasteiger partial charge in [-0.15, -0.1) is 0 Å². The number of hydrogen-bond acceptors (Lipinski definition) is 6. The van der Waals surface area contributed by atoms with Crippen LogP contribution in [0.3, 0.4) is 0 Å². The summed E-state index contributed by atoms with van der Waals surface area (Å²) >= 11 is 0. The van der Waals surface area contributed by atoms with Crippen LogP contribution >= 0.6 is 0 Å². The molecule has 148 valence electrons. The Morgan fingerprint density at radius 2 is 1.96 bits per heavy atom. The second-order valence-electron chi connectivity index (χ2n) is 6.33. The van der Waals surface area contributed by atoms with Gasteiger partial charge in [0.05, 0.1) is 18.9 Å². The zero-order valence-corrected chi connectivity index (χ0v) is 15.6. The second-order valence-corrected chi connectivity index (χ2v) is 6.33. The van der Waals surface area contributed by atoms with Crippen molar-refractivity contribution in [3.05, 3.63) is 53.6 Å². The van der Waals surface area contributed by atoms with Crippen molar-refractivity contribution in [2.75, 3.05) is 25.1 Å². The van der Waals surface area contributed by atoms with Crippen molar-refractivity contribution in [2.45, 2.75) is 25.7 Å². The van der Waals surface area contributed by atoms with E-state index in [1.54, 1.807) is 42.5 Å². The summed E-state index contributed by atoms with van der Waals surface area (Å²) < 4.78 is 15.9. The van der Waals surface area contributed by atoms with Crippen LogP contribution in [0, 0.1) is 0 Å². The summed E-state index contributed by atoms with van der Waals surface area (Å²) in [6.07, 6.45) is 1.15. The number of nitrogens with one attached hydrogen (secondary N) is 1. The molecule has 1 unspecified atom stereocenters. The normalized spacial score (nSPS) is 14.9. The van der Waals surface area contributed by atoms with Crippen molar-refractivity contribution < 1.29 is 28.9 Å². The van der Waals surface area contributed by atoms with Gasteiger partial charge >= 0.3 is 12.1 Å². The molecule has 1 aliphatic rings. The molecule has 0 aromatic heterocycles. The highest BCUT2D eigenvalue weighted by molar-refractivity contribution is 5.95. The minimum atomic E-state index is -0.658. The maximum absolute atomic E-state index is 12.5. The first-order chi connectivity index (χ1) is 13.6. The number of carbonyl (C=O) groups is 2. The van der Waals surface area contributed by atoms with E-state index in [0.717, 1.165) is 12.8 Å². The highest BCUT2D eigenvalue weighted by Gasteiger charge is 2.37. The summed E-state index contributed by atoms with van der Waals surface area (Å²) in [7, 11) is 0. The maximum atomic E-state index is 12.5. The lowest BCUT2D eigenvalue weighted by atomic mass is 9.91. The molecule has 0 radical (unpaired) electrons. The van der Waals surface area contributed by atoms with E-state index in [1.165, 1.54) is 0 Å². The largest absolute Gasteiger partial charge is 0.491 e. The molecule has 0 spiro atoms. The Bertz CT molecular complexity index is 833. The molecule has 7 nitrogen and oxygen atoms in total. The third-order valence-electron chi connectivity index (χ3n) is 4.34. The lowest BCUT2D eigenvalue weighted by Gasteiger charge is -2.14. The van der Waals surface area contributed by atoms with Gasteiger partial charge in [0.2, 0.25) is 0 Å². The maximum Gasteiger partial charge on any atom is 0.411 e. The van der Waals surface area contributed by atoms with Gasteiger partial charge in [0.25, 0.3) is 0 Å². The zero-order chi connectivity index (χ0) is 19.9. The van der Waals surface area contributed by atoms with Crippen molar-refractivity contribution in [1.29, 1.82) is 0 Å². The van der Waals surface area contributed by atoms with E-state index < -0.39 is 18.0 Å². The number of fused-ring (bicyclic) bond motifs is 1. The van der Waals surface area contributed by atoms with Gasteiger partial charge in [0, 0.05) is 5.56 Å². The van der Waals surface area contributed by atoms with Crippen LogP contribution in [0.25, 0.3) is 0 Å². The quantitative estimate of drug-likeness (QED) is 0.411. The Balaban J connectivity index is 1.83. The third kappa shape index (κ3) is 4.43. The number of carbonyl (C=O) groups excluding carboxylic acids is 2. The molecule has 1 amide bonds.